The Morgan fingerprint density at radius 1 is 1.20 bits per heavy atom. The third-order valence-electron chi connectivity index (χ3n) is 6.22. The highest BCUT2D eigenvalue weighted by Crippen LogP contribution is 2.41. The zero-order valence-electron chi connectivity index (χ0n) is 14.5. The fourth-order valence-electron chi connectivity index (χ4n) is 4.79. The van der Waals surface area contributed by atoms with Gasteiger partial charge in [-0.15, -0.1) is 0 Å². The van der Waals surface area contributed by atoms with E-state index < -0.39 is 12.2 Å². The molecule has 2 aliphatic carbocycles. The summed E-state index contributed by atoms with van der Waals surface area (Å²) >= 11 is 0. The quantitative estimate of drug-likeness (QED) is 0.700. The standard InChI is InChI=1S/C17H29F3N4O/c18-17(19,20)14(24-6-4-22-5-7-24)10-23-16(25)13-8-11-2-1-3-12(9-13)15(11)21/h11-15,22H,1-10,21H2,(H,23,25). The zero-order valence-corrected chi connectivity index (χ0v) is 14.5. The van der Waals surface area contributed by atoms with Crippen molar-refractivity contribution in [2.75, 3.05) is 32.7 Å². The number of nitrogens with one attached hydrogen (secondary N) is 2. The molecule has 8 heteroatoms. The maximum absolute atomic E-state index is 13.4. The minimum Gasteiger partial charge on any atom is -0.354 e. The number of carbonyl (C=O) groups excluding carboxylic acids is 1. The Morgan fingerprint density at radius 3 is 2.36 bits per heavy atom. The molecule has 3 fully saturated rings. The van der Waals surface area contributed by atoms with Gasteiger partial charge in [0, 0.05) is 44.7 Å². The molecule has 1 aliphatic heterocycles. The molecular formula is C17H29F3N4O. The second-order valence-electron chi connectivity index (χ2n) is 7.79. The van der Waals surface area contributed by atoms with Crippen LogP contribution in [0.15, 0.2) is 0 Å². The number of piperazine rings is 1. The first-order chi connectivity index (χ1) is 11.9. The van der Waals surface area contributed by atoms with Crippen LogP contribution in [0, 0.1) is 17.8 Å². The van der Waals surface area contributed by atoms with E-state index in [-0.39, 0.29) is 24.4 Å². The number of rotatable bonds is 4. The lowest BCUT2D eigenvalue weighted by molar-refractivity contribution is -0.184. The van der Waals surface area contributed by atoms with Gasteiger partial charge in [-0.05, 0) is 37.5 Å². The van der Waals surface area contributed by atoms with Gasteiger partial charge in [0.1, 0.15) is 6.04 Å². The van der Waals surface area contributed by atoms with E-state index in [1.165, 1.54) is 4.90 Å². The molecule has 0 radical (unpaired) electrons. The summed E-state index contributed by atoms with van der Waals surface area (Å²) in [6, 6.07) is -1.45. The van der Waals surface area contributed by atoms with E-state index in [0.29, 0.717) is 50.9 Å². The van der Waals surface area contributed by atoms with E-state index in [1.54, 1.807) is 0 Å². The summed E-state index contributed by atoms with van der Waals surface area (Å²) in [4.78, 5) is 13.9. The van der Waals surface area contributed by atoms with Crippen LogP contribution in [0.5, 0.6) is 0 Å². The summed E-state index contributed by atoms with van der Waals surface area (Å²) in [5, 5.41) is 5.65. The van der Waals surface area contributed by atoms with E-state index in [9.17, 15) is 18.0 Å². The van der Waals surface area contributed by atoms with Crippen LogP contribution in [-0.2, 0) is 4.79 Å². The predicted octanol–water partition coefficient (Wildman–Crippen LogP) is 1.09. The first kappa shape index (κ1) is 18.9. The van der Waals surface area contributed by atoms with Gasteiger partial charge in [-0.1, -0.05) is 6.42 Å². The van der Waals surface area contributed by atoms with Gasteiger partial charge in [0.25, 0.3) is 0 Å². The van der Waals surface area contributed by atoms with Crippen LogP contribution in [0.3, 0.4) is 0 Å². The van der Waals surface area contributed by atoms with Gasteiger partial charge >= 0.3 is 6.18 Å². The van der Waals surface area contributed by atoms with Crippen LogP contribution in [0.4, 0.5) is 13.2 Å². The molecule has 1 saturated heterocycles. The zero-order chi connectivity index (χ0) is 18.0. The van der Waals surface area contributed by atoms with Gasteiger partial charge in [0.2, 0.25) is 5.91 Å². The predicted molar refractivity (Wildman–Crippen MR) is 88.8 cm³/mol. The molecule has 1 amide bonds. The number of halogens is 3. The Hall–Kier alpha value is -0.860. The maximum atomic E-state index is 13.4. The SMILES string of the molecule is NC1C2CCCC1CC(C(=O)NCC(N1CCNCC1)C(F)(F)F)C2. The Balaban J connectivity index is 1.56. The number of alkyl halides is 3. The van der Waals surface area contributed by atoms with Crippen LogP contribution in [0.25, 0.3) is 0 Å². The summed E-state index contributed by atoms with van der Waals surface area (Å²) in [7, 11) is 0. The molecule has 5 nitrogen and oxygen atoms in total. The summed E-state index contributed by atoms with van der Waals surface area (Å²) in [6.45, 7) is 1.43. The normalized spacial score (nSPS) is 35.2. The fraction of sp³-hybridized carbons (Fsp3) is 0.941. The summed E-state index contributed by atoms with van der Waals surface area (Å²) in [5.41, 5.74) is 6.23. The van der Waals surface area contributed by atoms with Crippen molar-refractivity contribution in [3.05, 3.63) is 0 Å². The van der Waals surface area contributed by atoms with Crippen LogP contribution in [0.2, 0.25) is 0 Å². The van der Waals surface area contributed by atoms with Gasteiger partial charge in [-0.25, -0.2) is 0 Å². The van der Waals surface area contributed by atoms with Crippen LogP contribution in [-0.4, -0.2) is 61.8 Å². The minimum atomic E-state index is -4.34. The van der Waals surface area contributed by atoms with Crippen molar-refractivity contribution < 1.29 is 18.0 Å². The Kier molecular flexibility index (Phi) is 5.90. The van der Waals surface area contributed by atoms with Gasteiger partial charge in [-0.3, -0.25) is 9.69 Å². The molecule has 0 aromatic heterocycles. The molecule has 144 valence electrons. The molecule has 1 heterocycles. The number of carbonyl (C=O) groups is 1. The molecule has 3 unspecified atom stereocenters. The van der Waals surface area contributed by atoms with Crippen LogP contribution in [0.1, 0.15) is 32.1 Å². The number of nitrogens with zero attached hydrogens (tertiary/aromatic N) is 1. The smallest absolute Gasteiger partial charge is 0.354 e. The Bertz CT molecular complexity index is 453. The summed E-state index contributed by atoms with van der Waals surface area (Å²) < 4.78 is 40.2. The molecule has 4 N–H and O–H groups in total. The third-order valence-corrected chi connectivity index (χ3v) is 6.22. The van der Waals surface area contributed by atoms with Crippen molar-refractivity contribution >= 4 is 5.91 Å². The molecule has 3 atom stereocenters. The number of fused-ring (bicyclic) bond motifs is 2. The topological polar surface area (TPSA) is 70.4 Å². The van der Waals surface area contributed by atoms with E-state index in [4.69, 9.17) is 5.73 Å². The van der Waals surface area contributed by atoms with E-state index >= 15 is 0 Å². The second kappa shape index (κ2) is 7.80. The lowest BCUT2D eigenvalue weighted by Gasteiger charge is -2.43. The largest absolute Gasteiger partial charge is 0.405 e. The highest BCUT2D eigenvalue weighted by atomic mass is 19.4. The molecule has 0 spiro atoms. The second-order valence-corrected chi connectivity index (χ2v) is 7.79. The number of hydrogen-bond donors (Lipinski definition) is 3. The van der Waals surface area contributed by atoms with E-state index in [2.05, 4.69) is 10.6 Å². The number of hydrogen-bond acceptors (Lipinski definition) is 4. The molecule has 2 bridgehead atoms. The molecule has 0 aromatic rings. The van der Waals surface area contributed by atoms with Gasteiger partial charge < -0.3 is 16.4 Å². The maximum Gasteiger partial charge on any atom is 0.405 e. The monoisotopic (exact) mass is 362 g/mol. The Morgan fingerprint density at radius 2 is 1.80 bits per heavy atom. The highest BCUT2D eigenvalue weighted by molar-refractivity contribution is 5.78. The molecule has 3 rings (SSSR count). The molecular weight excluding hydrogens is 333 g/mol. The van der Waals surface area contributed by atoms with Gasteiger partial charge in [0.05, 0.1) is 0 Å². The van der Waals surface area contributed by atoms with E-state index in [1.807, 2.05) is 0 Å². The van der Waals surface area contributed by atoms with E-state index in [0.717, 1.165) is 19.3 Å². The molecule has 0 aromatic carbocycles. The van der Waals surface area contributed by atoms with Crippen molar-refractivity contribution in [1.29, 1.82) is 0 Å². The van der Waals surface area contributed by atoms with Crippen LogP contribution >= 0.6 is 0 Å². The average molecular weight is 362 g/mol. The molecule has 3 aliphatic rings. The first-order valence-corrected chi connectivity index (χ1v) is 9.41. The van der Waals surface area contributed by atoms with Crippen molar-refractivity contribution in [2.45, 2.75) is 50.4 Å². The number of amides is 1. The molecule has 2 saturated carbocycles. The lowest BCUT2D eigenvalue weighted by Crippen LogP contribution is -2.58. The first-order valence-electron chi connectivity index (χ1n) is 9.41. The summed E-state index contributed by atoms with van der Waals surface area (Å²) in [6.07, 6.45) is 0.314. The average Bonchev–Trinajstić information content (AvgIpc) is 2.54. The van der Waals surface area contributed by atoms with Crippen molar-refractivity contribution in [3.8, 4) is 0 Å². The minimum absolute atomic E-state index is 0.154. The van der Waals surface area contributed by atoms with Crippen molar-refractivity contribution in [2.24, 2.45) is 23.5 Å². The van der Waals surface area contributed by atoms with Gasteiger partial charge in [-0.2, -0.15) is 13.2 Å². The van der Waals surface area contributed by atoms with Gasteiger partial charge in [0.15, 0.2) is 0 Å². The lowest BCUT2D eigenvalue weighted by atomic mass is 9.65. The fourth-order valence-corrected chi connectivity index (χ4v) is 4.79. The molecule has 25 heavy (non-hydrogen) atoms. The highest BCUT2D eigenvalue weighted by Gasteiger charge is 2.45. The van der Waals surface area contributed by atoms with Crippen LogP contribution < -0.4 is 16.4 Å². The summed E-state index contributed by atoms with van der Waals surface area (Å²) in [5.74, 6) is 0.268. The Labute approximate surface area is 146 Å². The third kappa shape index (κ3) is 4.46. The van der Waals surface area contributed by atoms with Crippen molar-refractivity contribution in [3.63, 3.8) is 0 Å². The number of nitrogens with two attached hydrogens (primary N) is 1. The van der Waals surface area contributed by atoms with Crippen molar-refractivity contribution in [1.82, 2.24) is 15.5 Å².